The van der Waals surface area contributed by atoms with E-state index in [0.29, 0.717) is 17.5 Å². The third-order valence-corrected chi connectivity index (χ3v) is 4.39. The van der Waals surface area contributed by atoms with Gasteiger partial charge in [-0.2, -0.15) is 0 Å². The molecule has 0 aromatic heterocycles. The van der Waals surface area contributed by atoms with Crippen LogP contribution in [0.4, 0.5) is 5.69 Å². The zero-order valence-corrected chi connectivity index (χ0v) is 11.7. The van der Waals surface area contributed by atoms with Crippen molar-refractivity contribution >= 4 is 11.6 Å². The summed E-state index contributed by atoms with van der Waals surface area (Å²) in [6, 6.07) is 7.54. The molecule has 0 saturated heterocycles. The monoisotopic (exact) mass is 260 g/mol. The fourth-order valence-corrected chi connectivity index (χ4v) is 3.02. The Morgan fingerprint density at radius 3 is 2.74 bits per heavy atom. The van der Waals surface area contributed by atoms with Crippen LogP contribution in [0.25, 0.3) is 0 Å². The van der Waals surface area contributed by atoms with Gasteiger partial charge in [0.05, 0.1) is 6.42 Å². The second-order valence-electron chi connectivity index (χ2n) is 5.76. The van der Waals surface area contributed by atoms with E-state index >= 15 is 0 Å². The van der Waals surface area contributed by atoms with Crippen LogP contribution in [-0.4, -0.2) is 12.5 Å². The van der Waals surface area contributed by atoms with Gasteiger partial charge in [0.1, 0.15) is 0 Å². The van der Waals surface area contributed by atoms with Crippen LogP contribution < -0.4 is 11.1 Å². The molecule has 1 amide bonds. The number of carbonyl (C=O) groups is 1. The largest absolute Gasteiger partial charge is 0.399 e. The van der Waals surface area contributed by atoms with Crippen molar-refractivity contribution < 1.29 is 4.79 Å². The van der Waals surface area contributed by atoms with E-state index in [1.54, 1.807) is 0 Å². The normalized spacial score (nSPS) is 17.3. The number of rotatable bonds is 5. The van der Waals surface area contributed by atoms with Crippen LogP contribution in [0.15, 0.2) is 24.3 Å². The van der Waals surface area contributed by atoms with E-state index < -0.39 is 0 Å². The number of nitrogens with one attached hydrogen (secondary N) is 1. The number of carbonyl (C=O) groups excluding carboxylic acids is 1. The second kappa shape index (κ2) is 6.09. The molecule has 0 bridgehead atoms. The van der Waals surface area contributed by atoms with E-state index in [0.717, 1.165) is 18.5 Å². The summed E-state index contributed by atoms with van der Waals surface area (Å²) in [6.45, 7) is 3.06. The lowest BCUT2D eigenvalue weighted by Gasteiger charge is -2.27. The average molecular weight is 260 g/mol. The Kier molecular flexibility index (Phi) is 4.46. The number of amides is 1. The second-order valence-corrected chi connectivity index (χ2v) is 5.76. The lowest BCUT2D eigenvalue weighted by Crippen LogP contribution is -2.36. The Balaban J connectivity index is 1.84. The molecule has 2 rings (SSSR count). The molecule has 19 heavy (non-hydrogen) atoms. The molecule has 0 aliphatic heterocycles. The highest BCUT2D eigenvalue weighted by atomic mass is 16.1. The summed E-state index contributed by atoms with van der Waals surface area (Å²) in [4.78, 5) is 12.0. The zero-order valence-electron chi connectivity index (χ0n) is 11.7. The predicted molar refractivity (Wildman–Crippen MR) is 78.8 cm³/mol. The molecule has 104 valence electrons. The summed E-state index contributed by atoms with van der Waals surface area (Å²) >= 11 is 0. The molecular formula is C16H24N2O. The highest BCUT2D eigenvalue weighted by molar-refractivity contribution is 5.78. The first-order chi connectivity index (χ1) is 9.13. The van der Waals surface area contributed by atoms with Gasteiger partial charge in [-0.1, -0.05) is 31.9 Å². The van der Waals surface area contributed by atoms with Crippen LogP contribution in [0.1, 0.15) is 44.6 Å². The maximum absolute atomic E-state index is 12.0. The van der Waals surface area contributed by atoms with Gasteiger partial charge in [0.25, 0.3) is 0 Å². The smallest absolute Gasteiger partial charge is 0.224 e. The van der Waals surface area contributed by atoms with Gasteiger partial charge in [-0.3, -0.25) is 4.79 Å². The van der Waals surface area contributed by atoms with Crippen molar-refractivity contribution in [2.45, 2.75) is 45.4 Å². The molecule has 3 heteroatoms. The molecule has 0 radical (unpaired) electrons. The van der Waals surface area contributed by atoms with Gasteiger partial charge in [0.2, 0.25) is 5.91 Å². The van der Waals surface area contributed by atoms with Crippen molar-refractivity contribution in [3.8, 4) is 0 Å². The fraction of sp³-hybridized carbons (Fsp3) is 0.562. The van der Waals surface area contributed by atoms with E-state index in [1.165, 1.54) is 25.7 Å². The van der Waals surface area contributed by atoms with Gasteiger partial charge >= 0.3 is 0 Å². The highest BCUT2D eigenvalue weighted by Crippen LogP contribution is 2.40. The lowest BCUT2D eigenvalue weighted by atomic mass is 9.83. The summed E-state index contributed by atoms with van der Waals surface area (Å²) < 4.78 is 0. The van der Waals surface area contributed by atoms with Gasteiger partial charge in [0, 0.05) is 12.2 Å². The Morgan fingerprint density at radius 1 is 1.37 bits per heavy atom. The molecule has 1 aromatic rings. The minimum atomic E-state index is 0.102. The Labute approximate surface area is 115 Å². The average Bonchev–Trinajstić information content (AvgIpc) is 2.86. The number of nitrogens with two attached hydrogens (primary N) is 1. The minimum absolute atomic E-state index is 0.102. The lowest BCUT2D eigenvalue weighted by molar-refractivity contribution is -0.121. The number of hydrogen-bond acceptors (Lipinski definition) is 2. The molecule has 1 saturated carbocycles. The van der Waals surface area contributed by atoms with Crippen molar-refractivity contribution in [1.82, 2.24) is 5.32 Å². The Morgan fingerprint density at radius 2 is 2.11 bits per heavy atom. The van der Waals surface area contributed by atoms with E-state index in [1.807, 2.05) is 24.3 Å². The van der Waals surface area contributed by atoms with Crippen LogP contribution in [0, 0.1) is 5.41 Å². The SMILES string of the molecule is CCC1(CNC(=O)Cc2cccc(N)c2)CCCC1. The summed E-state index contributed by atoms with van der Waals surface area (Å²) in [6.07, 6.45) is 6.69. The van der Waals surface area contributed by atoms with Crippen LogP contribution in [0.5, 0.6) is 0 Å². The van der Waals surface area contributed by atoms with Crippen LogP contribution in [-0.2, 0) is 11.2 Å². The van der Waals surface area contributed by atoms with E-state index in [4.69, 9.17) is 5.73 Å². The summed E-state index contributed by atoms with van der Waals surface area (Å²) in [5.41, 5.74) is 7.77. The van der Waals surface area contributed by atoms with Gasteiger partial charge in [-0.25, -0.2) is 0 Å². The summed E-state index contributed by atoms with van der Waals surface area (Å²) in [5, 5.41) is 3.10. The van der Waals surface area contributed by atoms with E-state index in [-0.39, 0.29) is 5.91 Å². The number of nitrogen functional groups attached to an aromatic ring is 1. The molecule has 0 unspecified atom stereocenters. The zero-order chi connectivity index (χ0) is 13.7. The highest BCUT2D eigenvalue weighted by Gasteiger charge is 2.32. The quantitative estimate of drug-likeness (QED) is 0.800. The van der Waals surface area contributed by atoms with Crippen LogP contribution in [0.2, 0.25) is 0 Å². The molecule has 3 nitrogen and oxygen atoms in total. The topological polar surface area (TPSA) is 55.1 Å². The summed E-state index contributed by atoms with van der Waals surface area (Å²) in [7, 11) is 0. The molecule has 0 spiro atoms. The van der Waals surface area contributed by atoms with E-state index in [9.17, 15) is 4.79 Å². The van der Waals surface area contributed by atoms with Gasteiger partial charge < -0.3 is 11.1 Å². The first kappa shape index (κ1) is 13.9. The van der Waals surface area contributed by atoms with Crippen LogP contribution >= 0.6 is 0 Å². The van der Waals surface area contributed by atoms with Crippen LogP contribution in [0.3, 0.4) is 0 Å². The maximum Gasteiger partial charge on any atom is 0.224 e. The van der Waals surface area contributed by atoms with Crippen molar-refractivity contribution in [2.75, 3.05) is 12.3 Å². The third kappa shape index (κ3) is 3.72. The maximum atomic E-state index is 12.0. The number of benzene rings is 1. The van der Waals surface area contributed by atoms with Gasteiger partial charge in [-0.05, 0) is 42.4 Å². The molecule has 0 heterocycles. The Hall–Kier alpha value is -1.51. The third-order valence-electron chi connectivity index (χ3n) is 4.39. The van der Waals surface area contributed by atoms with E-state index in [2.05, 4.69) is 12.2 Å². The standard InChI is InChI=1S/C16H24N2O/c1-2-16(8-3-4-9-16)12-18-15(19)11-13-6-5-7-14(17)10-13/h5-7,10H,2-4,8-9,11-12,17H2,1H3,(H,18,19). The predicted octanol–water partition coefficient (Wildman–Crippen LogP) is 2.90. The van der Waals surface area contributed by atoms with Gasteiger partial charge in [0.15, 0.2) is 0 Å². The molecule has 3 N–H and O–H groups in total. The first-order valence-corrected chi connectivity index (χ1v) is 7.25. The number of hydrogen-bond donors (Lipinski definition) is 2. The molecule has 1 aliphatic rings. The molecule has 1 fully saturated rings. The first-order valence-electron chi connectivity index (χ1n) is 7.25. The van der Waals surface area contributed by atoms with Crippen molar-refractivity contribution in [2.24, 2.45) is 5.41 Å². The minimum Gasteiger partial charge on any atom is -0.399 e. The van der Waals surface area contributed by atoms with Gasteiger partial charge in [-0.15, -0.1) is 0 Å². The molecular weight excluding hydrogens is 236 g/mol. The molecule has 0 atom stereocenters. The van der Waals surface area contributed by atoms with Crippen molar-refractivity contribution in [1.29, 1.82) is 0 Å². The Bertz CT molecular complexity index is 436. The number of anilines is 1. The summed E-state index contributed by atoms with van der Waals surface area (Å²) in [5.74, 6) is 0.102. The van der Waals surface area contributed by atoms with Crippen molar-refractivity contribution in [3.63, 3.8) is 0 Å². The van der Waals surface area contributed by atoms with Crippen molar-refractivity contribution in [3.05, 3.63) is 29.8 Å². The fourth-order valence-electron chi connectivity index (χ4n) is 3.02. The molecule has 1 aliphatic carbocycles. The molecule has 1 aromatic carbocycles.